The Bertz CT molecular complexity index is 887. The third kappa shape index (κ3) is 5.97. The van der Waals surface area contributed by atoms with Crippen molar-refractivity contribution >= 4 is 23.6 Å². The van der Waals surface area contributed by atoms with E-state index in [1.165, 1.54) is 25.1 Å². The first-order chi connectivity index (χ1) is 13.1. The molecule has 0 bridgehead atoms. The van der Waals surface area contributed by atoms with Crippen molar-refractivity contribution in [3.63, 3.8) is 0 Å². The molecule has 0 spiro atoms. The van der Waals surface area contributed by atoms with E-state index in [0.717, 1.165) is 29.3 Å². The van der Waals surface area contributed by atoms with Gasteiger partial charge in [-0.1, -0.05) is 29.8 Å². The zero-order valence-electron chi connectivity index (χ0n) is 15.6. The summed E-state index contributed by atoms with van der Waals surface area (Å²) in [5.41, 5.74) is 2.19. The van der Waals surface area contributed by atoms with Gasteiger partial charge in [0, 0.05) is 11.8 Å². The summed E-state index contributed by atoms with van der Waals surface area (Å²) in [6.45, 7) is 5.22. The molecular weight excluding hydrogens is 371 g/mol. The van der Waals surface area contributed by atoms with Crippen LogP contribution in [0.15, 0.2) is 48.5 Å². The summed E-state index contributed by atoms with van der Waals surface area (Å²) in [7, 11) is 0. The lowest BCUT2D eigenvalue weighted by molar-refractivity contribution is -0.148. The maximum atomic E-state index is 12.5. The predicted octanol–water partition coefficient (Wildman–Crippen LogP) is 4.91. The monoisotopic (exact) mass is 391 g/mol. The molecular formula is C21H20F3NO3. The van der Waals surface area contributed by atoms with Crippen molar-refractivity contribution in [1.29, 1.82) is 0 Å². The third-order valence-electron chi connectivity index (χ3n) is 3.95. The van der Waals surface area contributed by atoms with E-state index in [1.807, 2.05) is 26.0 Å². The van der Waals surface area contributed by atoms with Gasteiger partial charge in [0.1, 0.15) is 0 Å². The number of benzene rings is 2. The fourth-order valence-corrected chi connectivity index (χ4v) is 2.40. The van der Waals surface area contributed by atoms with Gasteiger partial charge < -0.3 is 10.1 Å². The Morgan fingerprint density at radius 3 is 2.29 bits per heavy atom. The number of carbonyl (C=O) groups is 2. The lowest BCUT2D eigenvalue weighted by Crippen LogP contribution is -2.29. The van der Waals surface area contributed by atoms with Crippen molar-refractivity contribution in [2.45, 2.75) is 33.1 Å². The Kier molecular flexibility index (Phi) is 6.62. The number of nitrogens with one attached hydrogen (secondary N) is 1. The number of esters is 1. The van der Waals surface area contributed by atoms with Gasteiger partial charge in [0.2, 0.25) is 0 Å². The Balaban J connectivity index is 1.92. The quantitative estimate of drug-likeness (QED) is 0.582. The summed E-state index contributed by atoms with van der Waals surface area (Å²) in [4.78, 5) is 24.0. The molecule has 4 nitrogen and oxygen atoms in total. The van der Waals surface area contributed by atoms with E-state index in [4.69, 9.17) is 4.74 Å². The van der Waals surface area contributed by atoms with Crippen LogP contribution in [0.2, 0.25) is 0 Å². The van der Waals surface area contributed by atoms with Crippen LogP contribution in [0.25, 0.3) is 6.08 Å². The molecule has 0 aliphatic rings. The number of anilines is 1. The molecule has 0 fully saturated rings. The smallest absolute Gasteiger partial charge is 0.416 e. The minimum absolute atomic E-state index is 0.400. The molecule has 2 aromatic carbocycles. The first-order valence-corrected chi connectivity index (χ1v) is 8.50. The van der Waals surface area contributed by atoms with E-state index in [9.17, 15) is 22.8 Å². The van der Waals surface area contributed by atoms with Crippen molar-refractivity contribution in [3.8, 4) is 0 Å². The topological polar surface area (TPSA) is 55.4 Å². The standard InChI is InChI=1S/C21H20F3NO3/c1-13-4-10-18(14(2)12-13)25-20(27)15(3)28-19(26)11-7-16-5-8-17(9-6-16)21(22,23)24/h4-12,15H,1-3H3,(H,25,27)/b11-7+. The average Bonchev–Trinajstić information content (AvgIpc) is 2.61. The fourth-order valence-electron chi connectivity index (χ4n) is 2.40. The van der Waals surface area contributed by atoms with Crippen molar-refractivity contribution in [2.75, 3.05) is 5.32 Å². The molecule has 0 aromatic heterocycles. The highest BCUT2D eigenvalue weighted by Gasteiger charge is 2.29. The second kappa shape index (κ2) is 8.73. The summed E-state index contributed by atoms with van der Waals surface area (Å²) in [6.07, 6.45) is -3.08. The van der Waals surface area contributed by atoms with Crippen LogP contribution in [0.4, 0.5) is 18.9 Å². The average molecular weight is 391 g/mol. The normalized spacial score (nSPS) is 12.6. The zero-order chi connectivity index (χ0) is 20.9. The van der Waals surface area contributed by atoms with Gasteiger partial charge in [-0.2, -0.15) is 13.2 Å². The van der Waals surface area contributed by atoms with Gasteiger partial charge in [-0.05, 0) is 56.2 Å². The molecule has 0 aliphatic heterocycles. The van der Waals surface area contributed by atoms with Crippen LogP contribution in [0.5, 0.6) is 0 Å². The molecule has 0 heterocycles. The van der Waals surface area contributed by atoms with Crippen LogP contribution < -0.4 is 5.32 Å². The van der Waals surface area contributed by atoms with E-state index >= 15 is 0 Å². The summed E-state index contributed by atoms with van der Waals surface area (Å²) >= 11 is 0. The molecule has 2 rings (SSSR count). The second-order valence-electron chi connectivity index (χ2n) is 6.34. The highest BCUT2D eigenvalue weighted by molar-refractivity contribution is 5.97. The number of halogens is 3. The van der Waals surface area contributed by atoms with E-state index in [-0.39, 0.29) is 0 Å². The van der Waals surface area contributed by atoms with Gasteiger partial charge >= 0.3 is 12.1 Å². The van der Waals surface area contributed by atoms with Gasteiger partial charge in [-0.25, -0.2) is 4.79 Å². The molecule has 0 radical (unpaired) electrons. The molecule has 1 unspecified atom stereocenters. The minimum Gasteiger partial charge on any atom is -0.449 e. The number of rotatable bonds is 5. The van der Waals surface area contributed by atoms with Crippen molar-refractivity contribution < 1.29 is 27.5 Å². The highest BCUT2D eigenvalue weighted by atomic mass is 19.4. The number of hydrogen-bond donors (Lipinski definition) is 1. The van der Waals surface area contributed by atoms with E-state index < -0.39 is 29.7 Å². The van der Waals surface area contributed by atoms with Gasteiger partial charge in [0.15, 0.2) is 6.10 Å². The minimum atomic E-state index is -4.42. The van der Waals surface area contributed by atoms with Gasteiger partial charge in [-0.15, -0.1) is 0 Å². The van der Waals surface area contributed by atoms with Crippen LogP contribution in [0.3, 0.4) is 0 Å². The first kappa shape index (κ1) is 21.2. The zero-order valence-corrected chi connectivity index (χ0v) is 15.6. The number of alkyl halides is 3. The molecule has 28 heavy (non-hydrogen) atoms. The maximum absolute atomic E-state index is 12.5. The molecule has 7 heteroatoms. The summed E-state index contributed by atoms with van der Waals surface area (Å²) in [5.74, 6) is -1.26. The molecule has 0 saturated carbocycles. The van der Waals surface area contributed by atoms with Crippen LogP contribution >= 0.6 is 0 Å². The fraction of sp³-hybridized carbons (Fsp3) is 0.238. The number of hydrogen-bond acceptors (Lipinski definition) is 3. The molecule has 0 saturated heterocycles. The van der Waals surface area contributed by atoms with E-state index in [2.05, 4.69) is 5.32 Å². The molecule has 0 aliphatic carbocycles. The Labute approximate surface area is 161 Å². The number of amides is 1. The highest BCUT2D eigenvalue weighted by Crippen LogP contribution is 2.29. The third-order valence-corrected chi connectivity index (χ3v) is 3.95. The number of carbonyl (C=O) groups excluding carboxylic acids is 2. The lowest BCUT2D eigenvalue weighted by atomic mass is 10.1. The van der Waals surface area contributed by atoms with Crippen LogP contribution in [0, 0.1) is 13.8 Å². The predicted molar refractivity (Wildman–Crippen MR) is 101 cm³/mol. The molecule has 1 N–H and O–H groups in total. The molecule has 2 aromatic rings. The first-order valence-electron chi connectivity index (χ1n) is 8.50. The largest absolute Gasteiger partial charge is 0.449 e. The number of aryl methyl sites for hydroxylation is 2. The second-order valence-corrected chi connectivity index (χ2v) is 6.34. The van der Waals surface area contributed by atoms with Crippen molar-refractivity contribution in [2.24, 2.45) is 0 Å². The summed E-state index contributed by atoms with van der Waals surface area (Å²) in [6, 6.07) is 9.86. The lowest BCUT2D eigenvalue weighted by Gasteiger charge is -2.14. The summed E-state index contributed by atoms with van der Waals surface area (Å²) in [5, 5.41) is 2.69. The van der Waals surface area contributed by atoms with Gasteiger partial charge in [-0.3, -0.25) is 4.79 Å². The van der Waals surface area contributed by atoms with E-state index in [0.29, 0.717) is 11.3 Å². The Morgan fingerprint density at radius 1 is 1.07 bits per heavy atom. The SMILES string of the molecule is Cc1ccc(NC(=O)C(C)OC(=O)/C=C/c2ccc(C(F)(F)F)cc2)c(C)c1. The maximum Gasteiger partial charge on any atom is 0.416 e. The van der Waals surface area contributed by atoms with Crippen LogP contribution in [-0.2, 0) is 20.5 Å². The summed E-state index contributed by atoms with van der Waals surface area (Å²) < 4.78 is 42.6. The van der Waals surface area contributed by atoms with Crippen molar-refractivity contribution in [1.82, 2.24) is 0 Å². The van der Waals surface area contributed by atoms with E-state index in [1.54, 1.807) is 6.07 Å². The van der Waals surface area contributed by atoms with Crippen LogP contribution in [-0.4, -0.2) is 18.0 Å². The molecule has 1 amide bonds. The Morgan fingerprint density at radius 2 is 1.71 bits per heavy atom. The molecule has 148 valence electrons. The molecule has 1 atom stereocenters. The van der Waals surface area contributed by atoms with Crippen molar-refractivity contribution in [3.05, 3.63) is 70.8 Å². The van der Waals surface area contributed by atoms with Gasteiger partial charge in [0.05, 0.1) is 5.56 Å². The number of ether oxygens (including phenoxy) is 1. The van der Waals surface area contributed by atoms with Crippen LogP contribution in [0.1, 0.15) is 29.2 Å². The Hall–Kier alpha value is -3.09. The van der Waals surface area contributed by atoms with Gasteiger partial charge in [0.25, 0.3) is 5.91 Å².